The molecule has 4 nitrogen and oxygen atoms in total. The first-order valence-electron chi connectivity index (χ1n) is 9.07. The highest BCUT2D eigenvalue weighted by molar-refractivity contribution is 5.86. The summed E-state index contributed by atoms with van der Waals surface area (Å²) in [5.41, 5.74) is 3.94. The second-order valence-electron chi connectivity index (χ2n) is 6.49. The Labute approximate surface area is 162 Å². The van der Waals surface area contributed by atoms with Gasteiger partial charge in [0.2, 0.25) is 0 Å². The zero-order chi connectivity index (χ0) is 18.8. The van der Waals surface area contributed by atoms with Crippen LogP contribution in [0.15, 0.2) is 97.5 Å². The van der Waals surface area contributed by atoms with Crippen LogP contribution >= 0.6 is 0 Å². The van der Waals surface area contributed by atoms with Crippen molar-refractivity contribution in [1.29, 1.82) is 0 Å². The van der Waals surface area contributed by atoms with E-state index in [0.29, 0.717) is 11.6 Å². The summed E-state index contributed by atoms with van der Waals surface area (Å²) < 4.78 is 0. The summed E-state index contributed by atoms with van der Waals surface area (Å²) in [6.07, 6.45) is 3.37. The van der Waals surface area contributed by atoms with E-state index in [1.54, 1.807) is 12.5 Å². The largest absolute Gasteiger partial charge is 0.256 e. The van der Waals surface area contributed by atoms with Crippen LogP contribution in [0.4, 0.5) is 0 Å². The average molecular weight is 360 g/mol. The highest BCUT2D eigenvalue weighted by Crippen LogP contribution is 2.25. The summed E-state index contributed by atoms with van der Waals surface area (Å²) in [6.45, 7) is 0. The minimum atomic E-state index is 0.658. The smallest absolute Gasteiger partial charge is 0.163 e. The lowest BCUT2D eigenvalue weighted by molar-refractivity contribution is 1.07. The Morgan fingerprint density at radius 1 is 0.500 bits per heavy atom. The fraction of sp³-hybridized carbons (Fsp3) is 0. The van der Waals surface area contributed by atoms with E-state index in [1.165, 1.54) is 10.8 Å². The predicted molar refractivity (Wildman–Crippen MR) is 111 cm³/mol. The lowest BCUT2D eigenvalue weighted by atomic mass is 10.1. The molecule has 2 heterocycles. The molecule has 0 aliphatic rings. The first-order chi connectivity index (χ1) is 13.9. The number of hydrogen-bond donors (Lipinski definition) is 0. The van der Waals surface area contributed by atoms with E-state index in [2.05, 4.69) is 44.2 Å². The molecular weight excluding hydrogens is 344 g/mol. The van der Waals surface area contributed by atoms with Gasteiger partial charge in [-0.15, -0.1) is 0 Å². The Morgan fingerprint density at radius 2 is 1.18 bits per heavy atom. The number of hydrogen-bond acceptors (Lipinski definition) is 4. The lowest BCUT2D eigenvalue weighted by Crippen LogP contribution is -1.95. The molecule has 0 aliphatic carbocycles. The van der Waals surface area contributed by atoms with Crippen molar-refractivity contribution < 1.29 is 0 Å². The number of nitrogens with zero attached hydrogens (tertiary/aromatic N) is 4. The second-order valence-corrected chi connectivity index (χ2v) is 6.49. The van der Waals surface area contributed by atoms with Gasteiger partial charge in [-0.25, -0.2) is 15.0 Å². The monoisotopic (exact) mass is 360 g/mol. The van der Waals surface area contributed by atoms with Gasteiger partial charge in [-0.2, -0.15) is 0 Å². The Bertz CT molecular complexity index is 1250. The van der Waals surface area contributed by atoms with Gasteiger partial charge in [0, 0.05) is 22.9 Å². The Kier molecular flexibility index (Phi) is 4.07. The van der Waals surface area contributed by atoms with Gasteiger partial charge in [0.25, 0.3) is 0 Å². The number of aromatic nitrogens is 4. The third-order valence-electron chi connectivity index (χ3n) is 4.68. The fourth-order valence-corrected chi connectivity index (χ4v) is 3.23. The zero-order valence-corrected chi connectivity index (χ0v) is 15.0. The molecule has 28 heavy (non-hydrogen) atoms. The van der Waals surface area contributed by atoms with E-state index in [-0.39, 0.29) is 0 Å². The van der Waals surface area contributed by atoms with Gasteiger partial charge >= 0.3 is 0 Å². The molecule has 0 saturated carbocycles. The van der Waals surface area contributed by atoms with E-state index in [1.807, 2.05) is 60.7 Å². The first kappa shape index (κ1) is 16.3. The van der Waals surface area contributed by atoms with Crippen LogP contribution in [0.1, 0.15) is 0 Å². The summed E-state index contributed by atoms with van der Waals surface area (Å²) in [6, 6.07) is 28.5. The minimum Gasteiger partial charge on any atom is -0.256 e. The normalized spacial score (nSPS) is 10.9. The highest BCUT2D eigenvalue weighted by atomic mass is 15.0. The van der Waals surface area contributed by atoms with Crippen LogP contribution < -0.4 is 0 Å². The number of fused-ring (bicyclic) bond motifs is 1. The third kappa shape index (κ3) is 3.12. The van der Waals surface area contributed by atoms with Crippen LogP contribution in [-0.2, 0) is 0 Å². The molecule has 0 radical (unpaired) electrons. The molecule has 3 aromatic carbocycles. The van der Waals surface area contributed by atoms with Crippen LogP contribution in [0.5, 0.6) is 0 Å². The lowest BCUT2D eigenvalue weighted by Gasteiger charge is -2.06. The summed E-state index contributed by atoms with van der Waals surface area (Å²) in [5.74, 6) is 1.33. The molecule has 0 amide bonds. The average Bonchev–Trinajstić information content (AvgIpc) is 2.79. The summed E-state index contributed by atoms with van der Waals surface area (Å²) in [5, 5.41) is 2.37. The van der Waals surface area contributed by atoms with Crippen LogP contribution in [0, 0.1) is 0 Å². The second kappa shape index (κ2) is 7.00. The van der Waals surface area contributed by atoms with Gasteiger partial charge in [0.1, 0.15) is 6.33 Å². The molecule has 0 unspecified atom stereocenters. The Balaban J connectivity index is 1.50. The molecule has 0 atom stereocenters. The quantitative estimate of drug-likeness (QED) is 0.431. The minimum absolute atomic E-state index is 0.658. The van der Waals surface area contributed by atoms with E-state index >= 15 is 0 Å². The van der Waals surface area contributed by atoms with E-state index in [4.69, 9.17) is 0 Å². The van der Waals surface area contributed by atoms with Crippen molar-refractivity contribution in [3.8, 4) is 34.0 Å². The fourth-order valence-electron chi connectivity index (χ4n) is 3.23. The van der Waals surface area contributed by atoms with Gasteiger partial charge in [0.05, 0.1) is 5.69 Å². The molecule has 0 fully saturated rings. The maximum atomic E-state index is 4.68. The molecule has 5 aromatic rings. The molecule has 0 bridgehead atoms. The highest BCUT2D eigenvalue weighted by Gasteiger charge is 2.08. The number of benzene rings is 3. The van der Waals surface area contributed by atoms with E-state index in [0.717, 1.165) is 22.4 Å². The van der Waals surface area contributed by atoms with Gasteiger partial charge in [-0.1, -0.05) is 66.7 Å². The third-order valence-corrected chi connectivity index (χ3v) is 4.68. The maximum absolute atomic E-state index is 4.68. The van der Waals surface area contributed by atoms with Crippen molar-refractivity contribution in [2.45, 2.75) is 0 Å². The molecule has 4 heteroatoms. The SMILES string of the molecule is c1ccc(-c2ccc(-c3ncnc(-c4ccc5ccccc5c4)n3)cc2)nc1. The van der Waals surface area contributed by atoms with Crippen LogP contribution in [0.3, 0.4) is 0 Å². The van der Waals surface area contributed by atoms with E-state index < -0.39 is 0 Å². The molecule has 0 aliphatic heterocycles. The Morgan fingerprint density at radius 3 is 1.96 bits per heavy atom. The molecule has 0 spiro atoms. The number of pyridine rings is 1. The molecular formula is C24H16N4. The maximum Gasteiger partial charge on any atom is 0.163 e. The molecule has 5 rings (SSSR count). The Hall–Kier alpha value is -3.92. The molecule has 2 aromatic heterocycles. The number of rotatable bonds is 3. The van der Waals surface area contributed by atoms with Crippen molar-refractivity contribution >= 4 is 10.8 Å². The van der Waals surface area contributed by atoms with Crippen molar-refractivity contribution in [2.24, 2.45) is 0 Å². The van der Waals surface area contributed by atoms with Gasteiger partial charge in [0.15, 0.2) is 11.6 Å². The molecule has 0 N–H and O–H groups in total. The van der Waals surface area contributed by atoms with Crippen molar-refractivity contribution in [3.05, 3.63) is 97.5 Å². The standard InChI is InChI=1S/C24H16N4/c1-2-6-20-15-21(13-8-17(20)5-1)24-27-16-26-23(28-24)19-11-9-18(10-12-19)22-7-3-4-14-25-22/h1-16H. The van der Waals surface area contributed by atoms with Crippen LogP contribution in [-0.4, -0.2) is 19.9 Å². The van der Waals surface area contributed by atoms with Crippen LogP contribution in [0.2, 0.25) is 0 Å². The summed E-state index contributed by atoms with van der Waals surface area (Å²) in [4.78, 5) is 17.8. The topological polar surface area (TPSA) is 51.6 Å². The van der Waals surface area contributed by atoms with Gasteiger partial charge in [-0.3, -0.25) is 4.98 Å². The van der Waals surface area contributed by atoms with Crippen molar-refractivity contribution in [2.75, 3.05) is 0 Å². The van der Waals surface area contributed by atoms with Crippen molar-refractivity contribution in [3.63, 3.8) is 0 Å². The first-order valence-corrected chi connectivity index (χ1v) is 9.07. The summed E-state index contributed by atoms with van der Waals surface area (Å²) >= 11 is 0. The van der Waals surface area contributed by atoms with Gasteiger partial charge in [-0.05, 0) is 29.0 Å². The van der Waals surface area contributed by atoms with E-state index in [9.17, 15) is 0 Å². The zero-order valence-electron chi connectivity index (χ0n) is 15.0. The molecule has 0 saturated heterocycles. The van der Waals surface area contributed by atoms with Gasteiger partial charge < -0.3 is 0 Å². The summed E-state index contributed by atoms with van der Waals surface area (Å²) in [7, 11) is 0. The predicted octanol–water partition coefficient (Wildman–Crippen LogP) is 5.42. The van der Waals surface area contributed by atoms with Crippen LogP contribution in [0.25, 0.3) is 44.8 Å². The molecule has 132 valence electrons. The van der Waals surface area contributed by atoms with Crippen molar-refractivity contribution in [1.82, 2.24) is 19.9 Å².